The Hall–Kier alpha value is -2.15. The van der Waals surface area contributed by atoms with Crippen LogP contribution in [0.4, 0.5) is 4.39 Å². The molecule has 1 N–H and O–H groups in total. The lowest BCUT2D eigenvalue weighted by Gasteiger charge is -1.96. The Labute approximate surface area is 100 Å². The van der Waals surface area contributed by atoms with Gasteiger partial charge in [0, 0.05) is 0 Å². The molecule has 0 saturated carbocycles. The van der Waals surface area contributed by atoms with Gasteiger partial charge in [-0.3, -0.25) is 9.89 Å². The summed E-state index contributed by atoms with van der Waals surface area (Å²) >= 11 is 4.85. The largest absolute Gasteiger partial charge is 0.293 e. The average Bonchev–Trinajstić information content (AvgIpc) is 2.31. The molecule has 1 aromatic heterocycles. The van der Waals surface area contributed by atoms with Crippen molar-refractivity contribution in [3.8, 4) is 0 Å². The molecule has 1 aromatic carbocycles. The first-order valence-electron chi connectivity index (χ1n) is 4.63. The third-order valence-electron chi connectivity index (χ3n) is 1.93. The van der Waals surface area contributed by atoms with Gasteiger partial charge in [-0.05, 0) is 29.9 Å². The highest BCUT2D eigenvalue weighted by Gasteiger charge is 1.95. The standard InChI is InChI=1S/C10H7FN4OS/c11-8-3-1-7(2-4-8)5-13-15-9(16)6-12-14-10(15)17/h1-6H,(H,14,17)/b13-5-. The number of rotatable bonds is 2. The Kier molecular flexibility index (Phi) is 3.20. The summed E-state index contributed by atoms with van der Waals surface area (Å²) in [5, 5.41) is 9.85. The van der Waals surface area contributed by atoms with Crippen LogP contribution in [0.15, 0.2) is 40.4 Å². The zero-order valence-electron chi connectivity index (χ0n) is 8.50. The Balaban J connectivity index is 2.36. The van der Waals surface area contributed by atoms with Crippen molar-refractivity contribution in [1.29, 1.82) is 0 Å². The molecule has 0 amide bonds. The molecule has 0 atom stereocenters. The highest BCUT2D eigenvalue weighted by molar-refractivity contribution is 7.71. The molecule has 0 aliphatic heterocycles. The van der Waals surface area contributed by atoms with E-state index in [1.54, 1.807) is 0 Å². The fourth-order valence-electron chi connectivity index (χ4n) is 1.13. The van der Waals surface area contributed by atoms with Crippen molar-refractivity contribution in [3.05, 3.63) is 57.0 Å². The maximum atomic E-state index is 12.6. The Morgan fingerprint density at radius 2 is 2.12 bits per heavy atom. The molecule has 0 bridgehead atoms. The zero-order chi connectivity index (χ0) is 12.3. The number of halogens is 1. The minimum atomic E-state index is -0.438. The van der Waals surface area contributed by atoms with E-state index in [1.165, 1.54) is 30.5 Å². The van der Waals surface area contributed by atoms with Crippen LogP contribution in [-0.2, 0) is 0 Å². The molecule has 17 heavy (non-hydrogen) atoms. The van der Waals surface area contributed by atoms with Gasteiger partial charge in [0.05, 0.1) is 6.21 Å². The minimum Gasteiger partial charge on any atom is -0.265 e. The van der Waals surface area contributed by atoms with Crippen LogP contribution in [0, 0.1) is 10.6 Å². The third-order valence-corrected chi connectivity index (χ3v) is 2.19. The molecular formula is C10H7FN4OS. The van der Waals surface area contributed by atoms with E-state index in [-0.39, 0.29) is 10.6 Å². The van der Waals surface area contributed by atoms with Gasteiger partial charge < -0.3 is 0 Å². The predicted molar refractivity (Wildman–Crippen MR) is 63.1 cm³/mol. The predicted octanol–water partition coefficient (Wildman–Crippen LogP) is 1.32. The van der Waals surface area contributed by atoms with Crippen LogP contribution >= 0.6 is 12.2 Å². The highest BCUT2D eigenvalue weighted by atomic mass is 32.1. The van der Waals surface area contributed by atoms with Gasteiger partial charge in [0.15, 0.2) is 0 Å². The van der Waals surface area contributed by atoms with E-state index in [0.717, 1.165) is 10.9 Å². The second kappa shape index (κ2) is 4.79. The van der Waals surface area contributed by atoms with Crippen molar-refractivity contribution in [2.75, 3.05) is 0 Å². The van der Waals surface area contributed by atoms with E-state index in [4.69, 9.17) is 12.2 Å². The number of nitrogens with zero attached hydrogens (tertiary/aromatic N) is 3. The normalized spacial score (nSPS) is 10.9. The summed E-state index contributed by atoms with van der Waals surface area (Å²) in [7, 11) is 0. The maximum absolute atomic E-state index is 12.6. The molecule has 86 valence electrons. The summed E-state index contributed by atoms with van der Waals surface area (Å²) in [6.45, 7) is 0. The van der Waals surface area contributed by atoms with Gasteiger partial charge in [0.1, 0.15) is 12.0 Å². The van der Waals surface area contributed by atoms with E-state index >= 15 is 0 Å². The van der Waals surface area contributed by atoms with Crippen LogP contribution in [-0.4, -0.2) is 21.1 Å². The first-order chi connectivity index (χ1) is 8.16. The molecule has 2 rings (SSSR count). The molecular weight excluding hydrogens is 243 g/mol. The van der Waals surface area contributed by atoms with Crippen LogP contribution in [0.2, 0.25) is 0 Å². The number of hydrogen-bond acceptors (Lipinski definition) is 4. The minimum absolute atomic E-state index is 0.0934. The molecule has 0 saturated heterocycles. The molecule has 2 aromatic rings. The zero-order valence-corrected chi connectivity index (χ0v) is 9.32. The summed E-state index contributed by atoms with van der Waals surface area (Å²) in [6, 6.07) is 5.68. The number of benzene rings is 1. The van der Waals surface area contributed by atoms with E-state index in [0.29, 0.717) is 5.56 Å². The van der Waals surface area contributed by atoms with Crippen LogP contribution in [0.1, 0.15) is 5.56 Å². The monoisotopic (exact) mass is 250 g/mol. The summed E-state index contributed by atoms with van der Waals surface area (Å²) in [4.78, 5) is 11.4. The molecule has 0 aliphatic rings. The second-order valence-electron chi connectivity index (χ2n) is 3.12. The molecule has 0 radical (unpaired) electrons. The van der Waals surface area contributed by atoms with Crippen molar-refractivity contribution in [1.82, 2.24) is 14.9 Å². The van der Waals surface area contributed by atoms with Crippen LogP contribution < -0.4 is 5.56 Å². The van der Waals surface area contributed by atoms with Crippen molar-refractivity contribution in [2.24, 2.45) is 5.10 Å². The number of nitrogens with one attached hydrogen (secondary N) is 1. The fourth-order valence-corrected chi connectivity index (χ4v) is 1.32. The SMILES string of the molecule is O=c1cn[nH]c(=S)n1/N=C\c1ccc(F)cc1. The smallest absolute Gasteiger partial charge is 0.265 e. The summed E-state index contributed by atoms with van der Waals surface area (Å²) in [6.07, 6.45) is 2.47. The number of aromatic nitrogens is 3. The van der Waals surface area contributed by atoms with Crippen LogP contribution in [0.25, 0.3) is 0 Å². The molecule has 0 aliphatic carbocycles. The summed E-state index contributed by atoms with van der Waals surface area (Å²) < 4.78 is 13.7. The molecule has 5 nitrogen and oxygen atoms in total. The Morgan fingerprint density at radius 3 is 2.76 bits per heavy atom. The lowest BCUT2D eigenvalue weighted by Crippen LogP contribution is -2.18. The Bertz CT molecular complexity index is 631. The Morgan fingerprint density at radius 1 is 1.41 bits per heavy atom. The van der Waals surface area contributed by atoms with Gasteiger partial charge in [0.25, 0.3) is 5.56 Å². The lowest BCUT2D eigenvalue weighted by atomic mass is 10.2. The van der Waals surface area contributed by atoms with Crippen LogP contribution in [0.3, 0.4) is 0 Å². The molecule has 0 unspecified atom stereocenters. The van der Waals surface area contributed by atoms with Crippen LogP contribution in [0.5, 0.6) is 0 Å². The van der Waals surface area contributed by atoms with Crippen molar-refractivity contribution in [3.63, 3.8) is 0 Å². The van der Waals surface area contributed by atoms with Gasteiger partial charge in [0.2, 0.25) is 4.77 Å². The molecule has 1 heterocycles. The molecule has 0 spiro atoms. The molecule has 7 heteroatoms. The van der Waals surface area contributed by atoms with E-state index in [9.17, 15) is 9.18 Å². The fraction of sp³-hybridized carbons (Fsp3) is 0. The van der Waals surface area contributed by atoms with Crippen molar-refractivity contribution >= 4 is 18.4 Å². The quantitative estimate of drug-likeness (QED) is 0.646. The van der Waals surface area contributed by atoms with E-state index in [2.05, 4.69) is 15.3 Å². The summed E-state index contributed by atoms with van der Waals surface area (Å²) in [5.41, 5.74) is 0.219. The van der Waals surface area contributed by atoms with Crippen molar-refractivity contribution in [2.45, 2.75) is 0 Å². The van der Waals surface area contributed by atoms with Gasteiger partial charge >= 0.3 is 0 Å². The van der Waals surface area contributed by atoms with Gasteiger partial charge in [-0.25, -0.2) is 4.39 Å². The van der Waals surface area contributed by atoms with Crippen molar-refractivity contribution < 1.29 is 4.39 Å². The maximum Gasteiger partial charge on any atom is 0.293 e. The number of H-pyrrole nitrogens is 1. The van der Waals surface area contributed by atoms with E-state index < -0.39 is 5.56 Å². The van der Waals surface area contributed by atoms with Gasteiger partial charge in [-0.2, -0.15) is 14.9 Å². The first kappa shape index (κ1) is 11.3. The van der Waals surface area contributed by atoms with Gasteiger partial charge in [-0.1, -0.05) is 12.1 Å². The number of aromatic amines is 1. The third kappa shape index (κ3) is 2.70. The van der Waals surface area contributed by atoms with E-state index in [1.807, 2.05) is 0 Å². The summed E-state index contributed by atoms with van der Waals surface area (Å²) in [5.74, 6) is -0.333. The number of hydrogen-bond donors (Lipinski definition) is 1. The first-order valence-corrected chi connectivity index (χ1v) is 5.04. The molecule has 0 fully saturated rings. The topological polar surface area (TPSA) is 63.0 Å². The average molecular weight is 250 g/mol. The lowest BCUT2D eigenvalue weighted by molar-refractivity contribution is 0.628. The van der Waals surface area contributed by atoms with Gasteiger partial charge in [-0.15, -0.1) is 0 Å². The highest BCUT2D eigenvalue weighted by Crippen LogP contribution is 1.99. The second-order valence-corrected chi connectivity index (χ2v) is 3.51.